The smallest absolute Gasteiger partial charge is 0.188 e. The molecule has 1 saturated heterocycles. The van der Waals surface area contributed by atoms with Crippen molar-refractivity contribution >= 4 is 44.3 Å². The molecule has 0 radical (unpaired) electrons. The summed E-state index contributed by atoms with van der Waals surface area (Å²) in [7, 11) is 0. The van der Waals surface area contributed by atoms with Crippen molar-refractivity contribution in [3.05, 3.63) is 62.6 Å². The Balaban J connectivity index is 1.37. The maximum Gasteiger partial charge on any atom is 0.188 e. The van der Waals surface area contributed by atoms with Crippen molar-refractivity contribution in [2.24, 2.45) is 5.92 Å². The van der Waals surface area contributed by atoms with Gasteiger partial charge in [-0.3, -0.25) is 4.79 Å². The van der Waals surface area contributed by atoms with E-state index in [2.05, 4.69) is 31.1 Å². The van der Waals surface area contributed by atoms with Crippen LogP contribution in [0.5, 0.6) is 0 Å². The summed E-state index contributed by atoms with van der Waals surface area (Å²) >= 11 is 9.86. The topological polar surface area (TPSA) is 59.4 Å². The van der Waals surface area contributed by atoms with Crippen LogP contribution in [0.1, 0.15) is 47.2 Å². The standard InChI is InChI=1S/C28H33BrClFN4O2/c29-21-6-5-20(24(30)14-21)13-23-22(26(36)17-37-16-19-3-4-19)15-25-28(27(23)31)33-18-35(25)10-2-1-9-34-11-7-32-8-12-34/h5-6,14-15,18-19,32H,1-4,7-13,16-17H2. The molecule has 0 amide bonds. The number of benzene rings is 2. The Bertz CT molecular complexity index is 1260. The second-order valence-electron chi connectivity index (χ2n) is 10.1. The zero-order valence-electron chi connectivity index (χ0n) is 20.9. The Hall–Kier alpha value is -1.84. The largest absolute Gasteiger partial charge is 0.373 e. The lowest BCUT2D eigenvalue weighted by Gasteiger charge is -2.27. The van der Waals surface area contributed by atoms with Crippen molar-refractivity contribution in [3.8, 4) is 0 Å². The number of piperazine rings is 1. The van der Waals surface area contributed by atoms with Crippen molar-refractivity contribution in [1.82, 2.24) is 19.8 Å². The molecular formula is C28H33BrClFN4O2. The van der Waals surface area contributed by atoms with E-state index in [-0.39, 0.29) is 18.8 Å². The van der Waals surface area contributed by atoms with E-state index in [9.17, 15) is 4.79 Å². The van der Waals surface area contributed by atoms with E-state index in [0.29, 0.717) is 39.7 Å². The number of fused-ring (bicyclic) bond motifs is 1. The van der Waals surface area contributed by atoms with E-state index in [0.717, 1.165) is 75.0 Å². The molecular weight excluding hydrogens is 559 g/mol. The Kier molecular flexibility index (Phi) is 8.93. The first kappa shape index (κ1) is 26.8. The molecule has 2 fully saturated rings. The average Bonchev–Trinajstić information content (AvgIpc) is 3.63. The van der Waals surface area contributed by atoms with Gasteiger partial charge in [0.05, 0.1) is 18.5 Å². The molecule has 1 aliphatic heterocycles. The molecule has 0 unspecified atom stereocenters. The number of Topliss-reactive ketones (excluding diaryl/α,β-unsaturated/α-hetero) is 1. The number of carbonyl (C=O) groups is 1. The fourth-order valence-corrected chi connectivity index (χ4v) is 5.63. The number of unbranched alkanes of at least 4 members (excludes halogenated alkanes) is 1. The van der Waals surface area contributed by atoms with Gasteiger partial charge in [-0.2, -0.15) is 0 Å². The van der Waals surface area contributed by atoms with Gasteiger partial charge in [0.2, 0.25) is 0 Å². The SMILES string of the molecule is O=C(COCC1CC1)c1cc2c(ncn2CCCCN2CCNCC2)c(F)c1Cc1ccc(Br)cc1Cl. The van der Waals surface area contributed by atoms with E-state index < -0.39 is 5.82 Å². The molecule has 198 valence electrons. The van der Waals surface area contributed by atoms with Gasteiger partial charge in [-0.1, -0.05) is 33.6 Å². The molecule has 1 saturated carbocycles. The number of aryl methyl sites for hydroxylation is 1. The summed E-state index contributed by atoms with van der Waals surface area (Å²) in [5.74, 6) is -0.117. The van der Waals surface area contributed by atoms with Crippen LogP contribution in [0.25, 0.3) is 11.0 Å². The van der Waals surface area contributed by atoms with Gasteiger partial charge in [0, 0.05) is 59.8 Å². The maximum atomic E-state index is 16.0. The van der Waals surface area contributed by atoms with Crippen LogP contribution >= 0.6 is 27.5 Å². The first-order valence-corrected chi connectivity index (χ1v) is 14.3. The molecule has 0 spiro atoms. The second kappa shape index (κ2) is 12.3. The predicted molar refractivity (Wildman–Crippen MR) is 148 cm³/mol. The third kappa shape index (κ3) is 6.79. The summed E-state index contributed by atoms with van der Waals surface area (Å²) in [5, 5.41) is 3.90. The lowest BCUT2D eigenvalue weighted by Crippen LogP contribution is -2.43. The zero-order valence-corrected chi connectivity index (χ0v) is 23.3. The molecule has 6 nitrogen and oxygen atoms in total. The number of imidazole rings is 1. The molecule has 9 heteroatoms. The summed E-state index contributed by atoms with van der Waals surface area (Å²) in [6.07, 6.45) is 6.21. The minimum atomic E-state index is -0.457. The van der Waals surface area contributed by atoms with E-state index in [4.69, 9.17) is 16.3 Å². The average molecular weight is 592 g/mol. The molecule has 2 heterocycles. The number of nitrogens with zero attached hydrogens (tertiary/aromatic N) is 3. The van der Waals surface area contributed by atoms with Gasteiger partial charge >= 0.3 is 0 Å². The molecule has 5 rings (SSSR count). The van der Waals surface area contributed by atoms with Crippen molar-refractivity contribution in [3.63, 3.8) is 0 Å². The lowest BCUT2D eigenvalue weighted by atomic mass is 9.95. The van der Waals surface area contributed by atoms with Gasteiger partial charge in [-0.15, -0.1) is 0 Å². The minimum Gasteiger partial charge on any atom is -0.373 e. The molecule has 37 heavy (non-hydrogen) atoms. The van der Waals surface area contributed by atoms with Crippen molar-refractivity contribution in [1.29, 1.82) is 0 Å². The predicted octanol–water partition coefficient (Wildman–Crippen LogP) is 5.48. The summed E-state index contributed by atoms with van der Waals surface area (Å²) < 4.78 is 24.5. The molecule has 1 aliphatic carbocycles. The van der Waals surface area contributed by atoms with Gasteiger partial charge in [0.15, 0.2) is 11.6 Å². The summed E-state index contributed by atoms with van der Waals surface area (Å²) in [5.41, 5.74) is 2.36. The Labute approximate surface area is 230 Å². The molecule has 3 aromatic rings. The van der Waals surface area contributed by atoms with Crippen LogP contribution in [-0.4, -0.2) is 66.2 Å². The summed E-state index contributed by atoms with van der Waals surface area (Å²) in [6.45, 7) is 6.56. The number of carbonyl (C=O) groups excluding carboxylic acids is 1. The second-order valence-corrected chi connectivity index (χ2v) is 11.4. The fraction of sp³-hybridized carbons (Fsp3) is 0.500. The summed E-state index contributed by atoms with van der Waals surface area (Å²) in [6, 6.07) is 7.30. The normalized spacial score (nSPS) is 16.5. The molecule has 2 aliphatic rings. The van der Waals surface area contributed by atoms with Crippen LogP contribution < -0.4 is 5.32 Å². The third-order valence-electron chi connectivity index (χ3n) is 7.26. The van der Waals surface area contributed by atoms with E-state index in [1.165, 1.54) is 0 Å². The lowest BCUT2D eigenvalue weighted by molar-refractivity contribution is 0.0738. The van der Waals surface area contributed by atoms with Crippen LogP contribution in [0.4, 0.5) is 4.39 Å². The quantitative estimate of drug-likeness (QED) is 0.223. The van der Waals surface area contributed by atoms with E-state index >= 15 is 4.39 Å². The highest BCUT2D eigenvalue weighted by atomic mass is 79.9. The number of aromatic nitrogens is 2. The maximum absolute atomic E-state index is 16.0. The van der Waals surface area contributed by atoms with Crippen molar-refractivity contribution in [2.75, 3.05) is 45.9 Å². The number of hydrogen-bond donors (Lipinski definition) is 1. The van der Waals surface area contributed by atoms with Crippen LogP contribution in [0.3, 0.4) is 0 Å². The Morgan fingerprint density at radius 2 is 1.97 bits per heavy atom. The highest BCUT2D eigenvalue weighted by Crippen LogP contribution is 2.31. The number of rotatable bonds is 12. The molecule has 0 bridgehead atoms. The van der Waals surface area contributed by atoms with Gasteiger partial charge < -0.3 is 19.5 Å². The summed E-state index contributed by atoms with van der Waals surface area (Å²) in [4.78, 5) is 20.2. The number of halogens is 3. The van der Waals surface area contributed by atoms with Crippen molar-refractivity contribution < 1.29 is 13.9 Å². The number of ketones is 1. The van der Waals surface area contributed by atoms with Gasteiger partial charge in [0.25, 0.3) is 0 Å². The van der Waals surface area contributed by atoms with Crippen LogP contribution in [0.15, 0.2) is 35.1 Å². The van der Waals surface area contributed by atoms with Crippen LogP contribution in [0.2, 0.25) is 5.02 Å². The van der Waals surface area contributed by atoms with E-state index in [1.54, 1.807) is 18.5 Å². The monoisotopic (exact) mass is 590 g/mol. The van der Waals surface area contributed by atoms with Gasteiger partial charge in [0.1, 0.15) is 12.1 Å². The van der Waals surface area contributed by atoms with Crippen molar-refractivity contribution in [2.45, 2.75) is 38.6 Å². The number of ether oxygens (including phenoxy) is 1. The van der Waals surface area contributed by atoms with Gasteiger partial charge in [-0.25, -0.2) is 9.37 Å². The zero-order chi connectivity index (χ0) is 25.8. The first-order valence-electron chi connectivity index (χ1n) is 13.1. The highest BCUT2D eigenvalue weighted by molar-refractivity contribution is 9.10. The minimum absolute atomic E-state index is 0.0542. The number of hydrogen-bond acceptors (Lipinski definition) is 5. The van der Waals surface area contributed by atoms with Crippen LogP contribution in [-0.2, 0) is 17.7 Å². The highest BCUT2D eigenvalue weighted by Gasteiger charge is 2.25. The first-order chi connectivity index (χ1) is 18.0. The Morgan fingerprint density at radius 3 is 2.73 bits per heavy atom. The van der Waals surface area contributed by atoms with Crippen LogP contribution in [0, 0.1) is 11.7 Å². The third-order valence-corrected chi connectivity index (χ3v) is 8.10. The van der Waals surface area contributed by atoms with E-state index in [1.807, 2.05) is 16.7 Å². The Morgan fingerprint density at radius 1 is 1.19 bits per heavy atom. The fourth-order valence-electron chi connectivity index (χ4n) is 4.89. The molecule has 0 atom stereocenters. The molecule has 1 aromatic heterocycles. The number of nitrogens with one attached hydrogen (secondary N) is 1. The van der Waals surface area contributed by atoms with Gasteiger partial charge in [-0.05, 0) is 61.9 Å². The molecule has 1 N–H and O–H groups in total. The molecule has 2 aromatic carbocycles.